The number of carbonyl (C=O) groups excluding carboxylic acids is 1. The lowest BCUT2D eigenvalue weighted by Gasteiger charge is -2.29. The lowest BCUT2D eigenvalue weighted by Crippen LogP contribution is -2.41. The van der Waals surface area contributed by atoms with Crippen LogP contribution in [-0.2, 0) is 4.79 Å². The Labute approximate surface area is 118 Å². The molecule has 1 rings (SSSR count). The molecule has 2 N–H and O–H groups in total. The molecule has 20 heavy (non-hydrogen) atoms. The lowest BCUT2D eigenvalue weighted by atomic mass is 9.92. The summed E-state index contributed by atoms with van der Waals surface area (Å²) in [6.45, 7) is 1.49. The molecule has 1 aromatic rings. The Morgan fingerprint density at radius 1 is 1.40 bits per heavy atom. The van der Waals surface area contributed by atoms with E-state index in [4.69, 9.17) is 0 Å². The van der Waals surface area contributed by atoms with Crippen LogP contribution in [0.15, 0.2) is 30.3 Å². The van der Waals surface area contributed by atoms with Crippen molar-refractivity contribution < 1.29 is 19.4 Å². The van der Waals surface area contributed by atoms with Gasteiger partial charge in [-0.05, 0) is 23.8 Å². The van der Waals surface area contributed by atoms with Crippen LogP contribution >= 0.6 is 0 Å². The first-order valence-corrected chi connectivity index (χ1v) is 6.31. The van der Waals surface area contributed by atoms with Crippen molar-refractivity contribution in [1.29, 1.82) is 0 Å². The number of amides is 1. The monoisotopic (exact) mass is 281 g/mol. The van der Waals surface area contributed by atoms with Crippen molar-refractivity contribution in [3.05, 3.63) is 41.7 Å². The molecule has 0 saturated carbocycles. The first kappa shape index (κ1) is 16.3. The summed E-state index contributed by atoms with van der Waals surface area (Å²) in [5.74, 6) is -0.636. The summed E-state index contributed by atoms with van der Waals surface area (Å²) in [5, 5.41) is 18.4. The first-order valence-electron chi connectivity index (χ1n) is 6.31. The lowest BCUT2D eigenvalue weighted by molar-refractivity contribution is -0.126. The van der Waals surface area contributed by atoms with Gasteiger partial charge in [0.1, 0.15) is 5.82 Å². The van der Waals surface area contributed by atoms with E-state index in [2.05, 4.69) is 0 Å². The highest BCUT2D eigenvalue weighted by Crippen LogP contribution is 2.15. The van der Waals surface area contributed by atoms with E-state index in [1.165, 1.54) is 29.2 Å². The third kappa shape index (κ3) is 4.75. The molecule has 0 aromatic heterocycles. The number of carbonyl (C=O) groups is 1. The predicted molar refractivity (Wildman–Crippen MR) is 75.3 cm³/mol. The van der Waals surface area contributed by atoms with Crippen LogP contribution in [0.4, 0.5) is 4.39 Å². The van der Waals surface area contributed by atoms with Gasteiger partial charge in [0, 0.05) is 25.1 Å². The number of halogens is 1. The molecule has 4 nitrogen and oxygen atoms in total. The molecule has 0 radical (unpaired) electrons. The van der Waals surface area contributed by atoms with Crippen LogP contribution in [-0.4, -0.2) is 47.8 Å². The molecular weight excluding hydrogens is 261 g/mol. The van der Waals surface area contributed by atoms with Gasteiger partial charge >= 0.3 is 0 Å². The number of aliphatic hydroxyl groups excluding tert-OH is 2. The molecule has 5 heteroatoms. The Bertz CT molecular complexity index is 484. The zero-order chi connectivity index (χ0) is 15.2. The molecule has 0 unspecified atom stereocenters. The summed E-state index contributed by atoms with van der Waals surface area (Å²) >= 11 is 0. The molecule has 0 aliphatic heterocycles. The Balaban J connectivity index is 2.66. The second-order valence-electron chi connectivity index (χ2n) is 5.21. The molecule has 1 amide bonds. The molecule has 0 saturated heterocycles. The van der Waals surface area contributed by atoms with Crippen molar-refractivity contribution in [3.63, 3.8) is 0 Å². The van der Waals surface area contributed by atoms with Crippen molar-refractivity contribution in [2.24, 2.45) is 5.41 Å². The average molecular weight is 281 g/mol. The summed E-state index contributed by atoms with van der Waals surface area (Å²) in [6.07, 6.45) is 2.86. The summed E-state index contributed by atoms with van der Waals surface area (Å²) in [5.41, 5.74) is -0.143. The number of nitrogens with zero attached hydrogens (tertiary/aromatic N) is 1. The topological polar surface area (TPSA) is 60.8 Å². The second kappa shape index (κ2) is 7.17. The van der Waals surface area contributed by atoms with Gasteiger partial charge in [-0.2, -0.15) is 0 Å². The summed E-state index contributed by atoms with van der Waals surface area (Å²) in [7, 11) is 1.59. The highest BCUT2D eigenvalue weighted by atomic mass is 19.1. The van der Waals surface area contributed by atoms with E-state index >= 15 is 0 Å². The summed E-state index contributed by atoms with van der Waals surface area (Å²) in [6, 6.07) is 5.92. The Morgan fingerprint density at radius 3 is 2.60 bits per heavy atom. The molecule has 0 fully saturated rings. The number of aliphatic hydroxyl groups is 2. The van der Waals surface area contributed by atoms with Gasteiger partial charge in [-0.1, -0.05) is 19.1 Å². The fourth-order valence-corrected chi connectivity index (χ4v) is 1.71. The van der Waals surface area contributed by atoms with Gasteiger partial charge in [-0.15, -0.1) is 0 Å². The first-order chi connectivity index (χ1) is 9.40. The molecule has 110 valence electrons. The highest BCUT2D eigenvalue weighted by Gasteiger charge is 2.25. The van der Waals surface area contributed by atoms with Gasteiger partial charge in [0.2, 0.25) is 5.91 Å². The largest absolute Gasteiger partial charge is 0.396 e. The van der Waals surface area contributed by atoms with E-state index in [0.29, 0.717) is 5.56 Å². The Kier molecular flexibility index (Phi) is 5.85. The van der Waals surface area contributed by atoms with E-state index in [0.717, 1.165) is 0 Å². The third-order valence-electron chi connectivity index (χ3n) is 3.03. The number of benzene rings is 1. The quantitative estimate of drug-likeness (QED) is 0.772. The van der Waals surface area contributed by atoms with Gasteiger partial charge in [0.25, 0.3) is 0 Å². The molecule has 0 spiro atoms. The minimum Gasteiger partial charge on any atom is -0.396 e. The van der Waals surface area contributed by atoms with Gasteiger partial charge < -0.3 is 15.1 Å². The Morgan fingerprint density at radius 2 is 2.05 bits per heavy atom. The molecule has 0 atom stereocenters. The minimum absolute atomic E-state index is 0.214. The van der Waals surface area contributed by atoms with Crippen molar-refractivity contribution in [2.45, 2.75) is 6.92 Å². The van der Waals surface area contributed by atoms with Crippen LogP contribution < -0.4 is 0 Å². The molecule has 0 bridgehead atoms. The number of hydrogen-bond donors (Lipinski definition) is 2. The van der Waals surface area contributed by atoms with Crippen LogP contribution in [0.2, 0.25) is 0 Å². The average Bonchev–Trinajstić information content (AvgIpc) is 2.44. The normalized spacial score (nSPS) is 11.8. The number of rotatable bonds is 6. The van der Waals surface area contributed by atoms with Crippen LogP contribution in [0.3, 0.4) is 0 Å². The fourth-order valence-electron chi connectivity index (χ4n) is 1.71. The maximum Gasteiger partial charge on any atom is 0.246 e. The molecular formula is C15H20FNO3. The second-order valence-corrected chi connectivity index (χ2v) is 5.21. The maximum absolute atomic E-state index is 13.0. The van der Waals surface area contributed by atoms with Crippen LogP contribution in [0.25, 0.3) is 6.08 Å². The zero-order valence-corrected chi connectivity index (χ0v) is 11.7. The minimum atomic E-state index is -0.739. The fraction of sp³-hybridized carbons (Fsp3) is 0.400. The molecule has 0 aliphatic rings. The molecule has 0 aliphatic carbocycles. The van der Waals surface area contributed by atoms with Gasteiger partial charge in [-0.25, -0.2) is 4.39 Å². The van der Waals surface area contributed by atoms with E-state index in [1.807, 2.05) is 0 Å². The Hall–Kier alpha value is -1.72. The third-order valence-corrected chi connectivity index (χ3v) is 3.03. The van der Waals surface area contributed by atoms with Crippen LogP contribution in [0, 0.1) is 11.2 Å². The summed E-state index contributed by atoms with van der Waals surface area (Å²) < 4.78 is 13.0. The van der Waals surface area contributed by atoms with E-state index in [9.17, 15) is 19.4 Å². The van der Waals surface area contributed by atoms with Gasteiger partial charge in [-0.3, -0.25) is 4.79 Å². The number of likely N-dealkylation sites (N-methyl/N-ethyl adjacent to an activating group) is 1. The van der Waals surface area contributed by atoms with Crippen molar-refractivity contribution in [2.75, 3.05) is 26.8 Å². The van der Waals surface area contributed by atoms with Gasteiger partial charge in [0.15, 0.2) is 0 Å². The summed E-state index contributed by atoms with van der Waals surface area (Å²) in [4.78, 5) is 13.3. The predicted octanol–water partition coefficient (Wildman–Crippen LogP) is 1.29. The van der Waals surface area contributed by atoms with Crippen LogP contribution in [0.1, 0.15) is 12.5 Å². The van der Waals surface area contributed by atoms with Crippen LogP contribution in [0.5, 0.6) is 0 Å². The molecule has 0 heterocycles. The van der Waals surface area contributed by atoms with E-state index < -0.39 is 5.41 Å². The standard InChI is InChI=1S/C15H20FNO3/c1-15(10-18,11-19)9-17(2)14(20)7-6-12-4-3-5-13(16)8-12/h3-8,18-19H,9-11H2,1-2H3/b7-6+. The highest BCUT2D eigenvalue weighted by molar-refractivity contribution is 5.91. The number of hydrogen-bond acceptors (Lipinski definition) is 3. The van der Waals surface area contributed by atoms with Gasteiger partial charge in [0.05, 0.1) is 13.2 Å². The van der Waals surface area contributed by atoms with Crippen molar-refractivity contribution >= 4 is 12.0 Å². The van der Waals surface area contributed by atoms with E-state index in [-0.39, 0.29) is 31.5 Å². The van der Waals surface area contributed by atoms with Crippen molar-refractivity contribution in [3.8, 4) is 0 Å². The van der Waals surface area contributed by atoms with E-state index in [1.54, 1.807) is 26.1 Å². The van der Waals surface area contributed by atoms with Crippen molar-refractivity contribution in [1.82, 2.24) is 4.90 Å². The zero-order valence-electron chi connectivity index (χ0n) is 11.7. The molecule has 1 aromatic carbocycles. The maximum atomic E-state index is 13.0. The SMILES string of the molecule is CN(CC(C)(CO)CO)C(=O)/C=C/c1cccc(F)c1. The smallest absolute Gasteiger partial charge is 0.246 e.